The zero-order chi connectivity index (χ0) is 42.8. The van der Waals surface area contributed by atoms with Crippen LogP contribution in [0, 0.1) is 11.6 Å². The Morgan fingerprint density at radius 2 is 0.950 bits per heavy atom. The number of halogens is 4. The fourth-order valence-electron chi connectivity index (χ4n) is 5.17. The SMILES string of the molecule is COc1ccc(-c2c(Cl)ncn2-c2ccc(S(=O)(=O)NP(=O)([O-])O)cc2)cc1F.COc1ccc(-c2c(Cl)ncn2-c2ccc(S(=O)(=O)NP(=O)([O-])O)cc2)cc1F.[K+].[K+]. The quantitative estimate of drug-likeness (QED) is 0.0777. The molecule has 2 unspecified atom stereocenters. The van der Waals surface area contributed by atoms with Crippen molar-refractivity contribution in [2.45, 2.75) is 9.79 Å². The van der Waals surface area contributed by atoms with Crippen molar-refractivity contribution in [2.75, 3.05) is 14.2 Å². The van der Waals surface area contributed by atoms with Crippen molar-refractivity contribution in [3.05, 3.63) is 120 Å². The van der Waals surface area contributed by atoms with E-state index in [4.69, 9.17) is 42.5 Å². The van der Waals surface area contributed by atoms with E-state index in [1.54, 1.807) is 12.1 Å². The number of nitrogens with one attached hydrogen (secondary N) is 2. The molecule has 0 fully saturated rings. The topological polar surface area (TPSA) is 267 Å². The first-order valence-corrected chi connectivity index (χ1v) is 22.4. The maximum absolute atomic E-state index is 14.1. The first-order valence-electron chi connectivity index (χ1n) is 15.5. The van der Waals surface area contributed by atoms with Gasteiger partial charge in [-0.1, -0.05) is 23.2 Å². The second-order valence-electron chi connectivity index (χ2n) is 11.4. The molecule has 4 N–H and O–H groups in total. The van der Waals surface area contributed by atoms with Gasteiger partial charge in [-0.15, -0.1) is 8.99 Å². The molecule has 0 saturated carbocycles. The van der Waals surface area contributed by atoms with Crippen LogP contribution in [0.2, 0.25) is 10.3 Å². The summed E-state index contributed by atoms with van der Waals surface area (Å²) < 4.78 is 113. The minimum atomic E-state index is -5.25. The Bertz CT molecular complexity index is 2620. The van der Waals surface area contributed by atoms with Crippen molar-refractivity contribution in [1.29, 1.82) is 0 Å². The number of hydrogen-bond acceptors (Lipinski definition) is 12. The van der Waals surface area contributed by atoms with E-state index < -0.39 is 57.0 Å². The molecule has 4 aromatic carbocycles. The van der Waals surface area contributed by atoms with Gasteiger partial charge < -0.3 is 29.0 Å². The van der Waals surface area contributed by atoms with E-state index in [2.05, 4.69) is 9.97 Å². The van der Waals surface area contributed by atoms with Gasteiger partial charge in [0, 0.05) is 22.5 Å². The van der Waals surface area contributed by atoms with Crippen LogP contribution in [-0.2, 0) is 29.2 Å². The van der Waals surface area contributed by atoms with Crippen molar-refractivity contribution < 1.29 is 167 Å². The molecule has 6 rings (SSSR count). The first-order chi connectivity index (χ1) is 27.0. The van der Waals surface area contributed by atoms with Gasteiger partial charge in [0.2, 0.25) is 35.5 Å². The van der Waals surface area contributed by atoms with E-state index in [1.807, 2.05) is 0 Å². The molecule has 0 amide bonds. The fourth-order valence-corrected chi connectivity index (χ4v) is 9.92. The second kappa shape index (κ2) is 21.6. The van der Waals surface area contributed by atoms with Crippen molar-refractivity contribution in [1.82, 2.24) is 28.1 Å². The minimum absolute atomic E-state index is 0. The number of rotatable bonds is 12. The standard InChI is InChI=1S/2C16H14ClFN3O6PS.2K/c2*1-27-14-7-2-10(8-13(14)18)15-16(17)19-9-21(15)11-3-5-12(6-4-11)29(25,26)20-28(22,23)24;;/h2*2-9H,1H3,(H3,20,22,23,24);;/q;;2*+1/p-2. The average Bonchev–Trinajstić information content (AvgIpc) is 3.72. The second-order valence-corrected chi connectivity index (χ2v) is 18.6. The molecule has 28 heteroatoms. The van der Waals surface area contributed by atoms with E-state index in [-0.39, 0.29) is 125 Å². The van der Waals surface area contributed by atoms with Crippen LogP contribution in [-0.4, -0.2) is 59.9 Å². The van der Waals surface area contributed by atoms with Gasteiger partial charge in [0.05, 0.1) is 35.4 Å². The Balaban J connectivity index is 0.000000310. The third-order valence-corrected chi connectivity index (χ3v) is 13.7. The number of hydrogen-bond donors (Lipinski definition) is 4. The summed E-state index contributed by atoms with van der Waals surface area (Å²) in [6.45, 7) is 0. The van der Waals surface area contributed by atoms with Crippen LogP contribution in [0.15, 0.2) is 107 Å². The van der Waals surface area contributed by atoms with Crippen molar-refractivity contribution >= 4 is 58.7 Å². The van der Waals surface area contributed by atoms with Gasteiger partial charge in [-0.3, -0.25) is 18.3 Å². The predicted molar refractivity (Wildman–Crippen MR) is 201 cm³/mol. The zero-order valence-electron chi connectivity index (χ0n) is 31.2. The minimum Gasteiger partial charge on any atom is -0.766 e. The average molecular weight is 1000 g/mol. The van der Waals surface area contributed by atoms with E-state index in [9.17, 15) is 44.5 Å². The molecule has 2 aromatic heterocycles. The molecule has 18 nitrogen and oxygen atoms in total. The van der Waals surface area contributed by atoms with Gasteiger partial charge in [-0.2, -0.15) is 0 Å². The van der Waals surface area contributed by atoms with Crippen LogP contribution in [0.5, 0.6) is 11.5 Å². The largest absolute Gasteiger partial charge is 1.00 e. The molecular weight excluding hydrogens is 974 g/mol. The van der Waals surface area contributed by atoms with Gasteiger partial charge in [0.15, 0.2) is 33.4 Å². The Labute approximate surface area is 436 Å². The summed E-state index contributed by atoms with van der Waals surface area (Å²) in [6, 6.07) is 18.4. The monoisotopic (exact) mass is 998 g/mol. The molecule has 2 heterocycles. The third kappa shape index (κ3) is 13.4. The van der Waals surface area contributed by atoms with Gasteiger partial charge in [-0.25, -0.2) is 35.6 Å². The number of methoxy groups -OCH3 is 2. The first kappa shape index (κ1) is 53.1. The summed E-state index contributed by atoms with van der Waals surface area (Å²) in [4.78, 5) is 46.3. The fraction of sp³-hybridized carbons (Fsp3) is 0.0625. The number of benzene rings is 4. The van der Waals surface area contributed by atoms with Crippen LogP contribution in [0.3, 0.4) is 0 Å². The maximum Gasteiger partial charge on any atom is 1.00 e. The molecule has 0 spiro atoms. The summed E-state index contributed by atoms with van der Waals surface area (Å²) in [5.41, 5.74) is 2.34. The summed E-state index contributed by atoms with van der Waals surface area (Å²) in [5.74, 6) is -1.10. The van der Waals surface area contributed by atoms with Crippen molar-refractivity contribution in [3.8, 4) is 45.4 Å². The maximum atomic E-state index is 14.1. The van der Waals surface area contributed by atoms with E-state index in [1.165, 1.54) is 84.5 Å². The zero-order valence-corrected chi connectivity index (χ0v) is 42.4. The number of nitrogens with zero attached hydrogens (tertiary/aromatic N) is 4. The predicted octanol–water partition coefficient (Wildman–Crippen LogP) is -1.83. The van der Waals surface area contributed by atoms with Gasteiger partial charge >= 0.3 is 103 Å². The number of imidazole rings is 2. The molecule has 2 atom stereocenters. The molecule has 0 radical (unpaired) electrons. The van der Waals surface area contributed by atoms with Crippen molar-refractivity contribution in [2.24, 2.45) is 0 Å². The number of aromatic nitrogens is 4. The molecule has 0 aliphatic heterocycles. The van der Waals surface area contributed by atoms with Gasteiger partial charge in [0.1, 0.15) is 12.7 Å². The molecule has 0 saturated heterocycles. The summed E-state index contributed by atoms with van der Waals surface area (Å²) in [7, 11) is -16.8. The summed E-state index contributed by atoms with van der Waals surface area (Å²) in [5, 5.41) is 0.168. The Morgan fingerprint density at radius 1 is 0.633 bits per heavy atom. The molecule has 60 heavy (non-hydrogen) atoms. The van der Waals surface area contributed by atoms with Gasteiger partial charge in [-0.05, 0) is 84.9 Å². The number of ether oxygens (including phenoxy) is 2. The molecule has 308 valence electrons. The Hall–Kier alpha value is -1.27. The van der Waals surface area contributed by atoms with Crippen molar-refractivity contribution in [3.63, 3.8) is 0 Å². The van der Waals surface area contributed by atoms with Gasteiger partial charge in [0.25, 0.3) is 0 Å². The van der Waals surface area contributed by atoms with E-state index in [0.717, 1.165) is 33.3 Å². The van der Waals surface area contributed by atoms with Crippen LogP contribution >= 0.6 is 38.7 Å². The van der Waals surface area contributed by atoms with Crippen LogP contribution in [0.25, 0.3) is 33.9 Å². The Kier molecular flexibility index (Phi) is 19.1. The molecule has 6 aromatic rings. The number of sulfonamides is 2. The molecule has 0 aliphatic carbocycles. The summed E-state index contributed by atoms with van der Waals surface area (Å²) in [6.07, 6.45) is 2.72. The molecular formula is C32H26Cl2F2K2N6O12P2S2. The normalized spacial score (nSPS) is 13.4. The molecule has 0 aliphatic rings. The van der Waals surface area contributed by atoms with E-state index >= 15 is 0 Å². The van der Waals surface area contributed by atoms with Crippen LogP contribution < -0.4 is 131 Å². The smallest absolute Gasteiger partial charge is 0.766 e. The Morgan fingerprint density at radius 3 is 1.22 bits per heavy atom. The van der Waals surface area contributed by atoms with Crippen LogP contribution in [0.1, 0.15) is 0 Å². The van der Waals surface area contributed by atoms with E-state index in [0.29, 0.717) is 33.9 Å². The molecule has 0 bridgehead atoms. The third-order valence-electron chi connectivity index (χ3n) is 7.62. The van der Waals surface area contributed by atoms with Crippen LogP contribution in [0.4, 0.5) is 8.78 Å². The summed E-state index contributed by atoms with van der Waals surface area (Å²) >= 11 is 12.3.